The van der Waals surface area contributed by atoms with Crippen molar-refractivity contribution in [2.24, 2.45) is 0 Å². The van der Waals surface area contributed by atoms with E-state index in [1.54, 1.807) is 7.11 Å². The van der Waals surface area contributed by atoms with Crippen molar-refractivity contribution in [3.63, 3.8) is 0 Å². The molecule has 3 aromatic rings. The number of hydrogen-bond donors (Lipinski definition) is 3. The van der Waals surface area contributed by atoms with Gasteiger partial charge in [0.25, 0.3) is 0 Å². The quantitative estimate of drug-likeness (QED) is 0.519. The molecule has 2 unspecified atom stereocenters. The van der Waals surface area contributed by atoms with Gasteiger partial charge in [-0.15, -0.1) is 0 Å². The van der Waals surface area contributed by atoms with Crippen molar-refractivity contribution in [3.05, 3.63) is 83.9 Å². The Labute approximate surface area is 182 Å². The molecule has 0 radical (unpaired) electrons. The van der Waals surface area contributed by atoms with E-state index in [1.807, 2.05) is 24.3 Å². The summed E-state index contributed by atoms with van der Waals surface area (Å²) in [4.78, 5) is 2.34. The van der Waals surface area contributed by atoms with Crippen molar-refractivity contribution in [1.29, 1.82) is 0 Å². The van der Waals surface area contributed by atoms with Gasteiger partial charge < -0.3 is 25.6 Å². The third-order valence-corrected chi connectivity index (χ3v) is 6.15. The maximum absolute atomic E-state index is 5.99. The molecule has 152 valence electrons. The number of nitrogens with one attached hydrogen (secondary N) is 3. The predicted octanol–water partition coefficient (Wildman–Crippen LogP) is 5.03. The molecule has 0 fully saturated rings. The normalized spacial score (nSPS) is 18.6. The standard InChI is InChI=1S/C24H24N4OS/c1-29-17-8-6-7-16(13-17)27-24(30)28(22-14-25-20-11-4-2-9-18(20)22)23-15-26-21-12-5-3-10-19(21)23/h2-13,22-23,25-26H,14-15H2,1H3,(H,27,30). The lowest BCUT2D eigenvalue weighted by molar-refractivity contribution is 0.273. The number of thiocarbonyl (C=S) groups is 1. The van der Waals surface area contributed by atoms with E-state index in [0.717, 1.165) is 24.5 Å². The fourth-order valence-corrected chi connectivity index (χ4v) is 4.79. The van der Waals surface area contributed by atoms with E-state index in [0.29, 0.717) is 5.11 Å². The number of hydrogen-bond acceptors (Lipinski definition) is 4. The van der Waals surface area contributed by atoms with Crippen molar-refractivity contribution >= 4 is 34.4 Å². The molecule has 6 heteroatoms. The average molecular weight is 417 g/mol. The van der Waals surface area contributed by atoms with Crippen molar-refractivity contribution in [2.75, 3.05) is 36.1 Å². The first-order valence-corrected chi connectivity index (χ1v) is 10.5. The number of anilines is 3. The van der Waals surface area contributed by atoms with Gasteiger partial charge in [-0.25, -0.2) is 0 Å². The van der Waals surface area contributed by atoms with E-state index in [-0.39, 0.29) is 12.1 Å². The number of benzene rings is 3. The van der Waals surface area contributed by atoms with E-state index in [9.17, 15) is 0 Å². The summed E-state index contributed by atoms with van der Waals surface area (Å²) in [6.45, 7) is 1.63. The molecule has 3 aromatic carbocycles. The molecule has 0 spiro atoms. The van der Waals surface area contributed by atoms with Crippen LogP contribution in [0, 0.1) is 0 Å². The lowest BCUT2D eigenvalue weighted by atomic mass is 10.0. The van der Waals surface area contributed by atoms with E-state index < -0.39 is 0 Å². The van der Waals surface area contributed by atoms with Crippen molar-refractivity contribution in [1.82, 2.24) is 4.90 Å². The van der Waals surface area contributed by atoms with Gasteiger partial charge in [0.2, 0.25) is 0 Å². The minimum absolute atomic E-state index is 0.143. The summed E-state index contributed by atoms with van der Waals surface area (Å²) < 4.78 is 5.37. The first kappa shape index (κ1) is 18.8. The molecule has 0 bridgehead atoms. The first-order chi connectivity index (χ1) is 14.7. The molecule has 0 amide bonds. The van der Waals surface area contributed by atoms with Gasteiger partial charge in [0.15, 0.2) is 5.11 Å². The van der Waals surface area contributed by atoms with Crippen LogP contribution in [0.1, 0.15) is 23.2 Å². The number of methoxy groups -OCH3 is 1. The van der Waals surface area contributed by atoms with Crippen LogP contribution in [0.25, 0.3) is 0 Å². The number of nitrogens with zero attached hydrogens (tertiary/aromatic N) is 1. The largest absolute Gasteiger partial charge is 0.497 e. The molecular weight excluding hydrogens is 392 g/mol. The van der Waals surface area contributed by atoms with Gasteiger partial charge in [0, 0.05) is 36.2 Å². The summed E-state index contributed by atoms with van der Waals surface area (Å²) in [7, 11) is 1.67. The summed E-state index contributed by atoms with van der Waals surface area (Å²) in [5.74, 6) is 0.801. The van der Waals surface area contributed by atoms with Gasteiger partial charge in [-0.2, -0.15) is 0 Å². The molecule has 5 rings (SSSR count). The second-order valence-electron chi connectivity index (χ2n) is 7.54. The third kappa shape index (κ3) is 3.33. The number of fused-ring (bicyclic) bond motifs is 2. The zero-order chi connectivity index (χ0) is 20.5. The monoisotopic (exact) mass is 416 g/mol. The minimum atomic E-state index is 0.143. The Bertz CT molecular complexity index is 1030. The molecule has 5 nitrogen and oxygen atoms in total. The van der Waals surface area contributed by atoms with Crippen LogP contribution in [0.3, 0.4) is 0 Å². The molecule has 2 aliphatic rings. The van der Waals surface area contributed by atoms with Gasteiger partial charge in [-0.1, -0.05) is 42.5 Å². The van der Waals surface area contributed by atoms with Crippen molar-refractivity contribution in [3.8, 4) is 5.75 Å². The number of para-hydroxylation sites is 2. The Morgan fingerprint density at radius 2 is 1.50 bits per heavy atom. The van der Waals surface area contributed by atoms with Crippen LogP contribution in [-0.2, 0) is 0 Å². The Hall–Kier alpha value is -3.25. The zero-order valence-corrected chi connectivity index (χ0v) is 17.6. The van der Waals surface area contributed by atoms with Crippen molar-refractivity contribution < 1.29 is 4.74 Å². The molecule has 30 heavy (non-hydrogen) atoms. The van der Waals surface area contributed by atoms with E-state index in [2.05, 4.69) is 69.4 Å². The van der Waals surface area contributed by atoms with Crippen LogP contribution in [0.15, 0.2) is 72.8 Å². The summed E-state index contributed by atoms with van der Waals surface area (Å²) >= 11 is 5.99. The lowest BCUT2D eigenvalue weighted by Gasteiger charge is -2.37. The number of ether oxygens (including phenoxy) is 1. The molecular formula is C24H24N4OS. The first-order valence-electron chi connectivity index (χ1n) is 10.1. The maximum Gasteiger partial charge on any atom is 0.174 e. The second kappa shape index (κ2) is 7.88. The Morgan fingerprint density at radius 3 is 2.10 bits per heavy atom. The van der Waals surface area contributed by atoms with Gasteiger partial charge in [0.1, 0.15) is 5.75 Å². The van der Waals surface area contributed by atoms with Crippen molar-refractivity contribution in [2.45, 2.75) is 12.1 Å². The van der Waals surface area contributed by atoms with E-state index >= 15 is 0 Å². The smallest absolute Gasteiger partial charge is 0.174 e. The van der Waals surface area contributed by atoms with Gasteiger partial charge >= 0.3 is 0 Å². The van der Waals surface area contributed by atoms with Crippen LogP contribution in [0.5, 0.6) is 5.75 Å². The molecule has 0 aliphatic carbocycles. The minimum Gasteiger partial charge on any atom is -0.497 e. The lowest BCUT2D eigenvalue weighted by Crippen LogP contribution is -2.42. The Morgan fingerprint density at radius 1 is 0.900 bits per heavy atom. The van der Waals surface area contributed by atoms with Crippen LogP contribution >= 0.6 is 12.2 Å². The molecule has 0 saturated heterocycles. The predicted molar refractivity (Wildman–Crippen MR) is 126 cm³/mol. The molecule has 0 aromatic heterocycles. The van der Waals surface area contributed by atoms with E-state index in [4.69, 9.17) is 17.0 Å². The third-order valence-electron chi connectivity index (χ3n) is 5.84. The van der Waals surface area contributed by atoms with Gasteiger partial charge in [0.05, 0.1) is 19.2 Å². The highest BCUT2D eigenvalue weighted by atomic mass is 32.1. The highest BCUT2D eigenvalue weighted by molar-refractivity contribution is 7.80. The molecule has 3 N–H and O–H groups in total. The molecule has 2 heterocycles. The van der Waals surface area contributed by atoms with Crippen LogP contribution in [0.4, 0.5) is 17.1 Å². The summed E-state index contributed by atoms with van der Waals surface area (Å²) in [6, 6.07) is 25.1. The fourth-order valence-electron chi connectivity index (χ4n) is 4.42. The van der Waals surface area contributed by atoms with E-state index in [1.165, 1.54) is 22.5 Å². The zero-order valence-electron chi connectivity index (χ0n) is 16.8. The van der Waals surface area contributed by atoms with Gasteiger partial charge in [-0.05, 0) is 47.6 Å². The highest BCUT2D eigenvalue weighted by Crippen LogP contribution is 2.42. The van der Waals surface area contributed by atoms with Crippen LogP contribution in [0.2, 0.25) is 0 Å². The SMILES string of the molecule is COc1cccc(NC(=S)N(C2CNc3ccccc32)C2CNc3ccccc32)c1. The molecule has 2 aliphatic heterocycles. The van der Waals surface area contributed by atoms with Crippen LogP contribution < -0.4 is 20.7 Å². The molecule has 2 atom stereocenters. The topological polar surface area (TPSA) is 48.6 Å². The highest BCUT2D eigenvalue weighted by Gasteiger charge is 2.37. The Kier molecular flexibility index (Phi) is 4.93. The van der Waals surface area contributed by atoms with Gasteiger partial charge in [-0.3, -0.25) is 0 Å². The number of rotatable bonds is 4. The maximum atomic E-state index is 5.99. The molecule has 0 saturated carbocycles. The summed E-state index contributed by atoms with van der Waals surface area (Å²) in [5.41, 5.74) is 5.82. The fraction of sp³-hybridized carbons (Fsp3) is 0.208. The average Bonchev–Trinajstić information content (AvgIpc) is 3.40. The second-order valence-corrected chi connectivity index (χ2v) is 7.92. The summed E-state index contributed by atoms with van der Waals surface area (Å²) in [6.07, 6.45) is 0. The van der Waals surface area contributed by atoms with Crippen LogP contribution in [-0.4, -0.2) is 30.2 Å². The Balaban J connectivity index is 1.51. The summed E-state index contributed by atoms with van der Waals surface area (Å²) in [5, 5.41) is 11.2.